The summed E-state index contributed by atoms with van der Waals surface area (Å²) in [6, 6.07) is 7.23. The molecule has 0 saturated carbocycles. The smallest absolute Gasteiger partial charge is 0.423 e. The van der Waals surface area contributed by atoms with Crippen molar-refractivity contribution in [2.45, 2.75) is 23.4 Å². The van der Waals surface area contributed by atoms with Crippen LogP contribution in [0.5, 0.6) is 0 Å². The number of benzene rings is 1. The molecule has 0 aliphatic heterocycles. The number of nitrogens with zero attached hydrogens (tertiary/aromatic N) is 2. The molecule has 2 aromatic rings. The maximum atomic E-state index is 8.99. The molecule has 2 N–H and O–H groups in total. The first-order valence-corrected chi connectivity index (χ1v) is 7.35. The van der Waals surface area contributed by atoms with Crippen molar-refractivity contribution >= 4 is 35.9 Å². The molecular formula is C11H13BN2O2S2. The molecule has 0 unspecified atom stereocenters. The Balaban J connectivity index is 1.93. The summed E-state index contributed by atoms with van der Waals surface area (Å²) in [4.78, 5) is 4.38. The van der Waals surface area contributed by atoms with E-state index in [9.17, 15) is 0 Å². The van der Waals surface area contributed by atoms with Crippen molar-refractivity contribution in [1.82, 2.24) is 9.36 Å². The highest BCUT2D eigenvalue weighted by atomic mass is 32.2. The van der Waals surface area contributed by atoms with Gasteiger partial charge in [0.15, 0.2) is 4.34 Å². The zero-order valence-corrected chi connectivity index (χ0v) is 11.5. The third kappa shape index (κ3) is 3.55. The predicted octanol–water partition coefficient (Wildman–Crippen LogP) is 1.07. The molecule has 18 heavy (non-hydrogen) atoms. The molecule has 0 aliphatic rings. The zero-order chi connectivity index (χ0) is 13.0. The maximum Gasteiger partial charge on any atom is 0.488 e. The lowest BCUT2D eigenvalue weighted by Crippen LogP contribution is -2.29. The quantitative estimate of drug-likeness (QED) is 0.633. The molecule has 0 fully saturated rings. The van der Waals surface area contributed by atoms with Gasteiger partial charge in [-0.25, -0.2) is 4.98 Å². The molecule has 1 heterocycles. The van der Waals surface area contributed by atoms with Crippen LogP contribution >= 0.6 is 23.3 Å². The minimum Gasteiger partial charge on any atom is -0.423 e. The number of rotatable bonds is 5. The van der Waals surface area contributed by atoms with Crippen LogP contribution in [0.3, 0.4) is 0 Å². The first-order chi connectivity index (χ1) is 8.69. The molecule has 4 nitrogen and oxygen atoms in total. The monoisotopic (exact) mass is 280 g/mol. The number of hydrogen-bond donors (Lipinski definition) is 2. The van der Waals surface area contributed by atoms with E-state index in [4.69, 9.17) is 10.0 Å². The summed E-state index contributed by atoms with van der Waals surface area (Å²) >= 11 is 3.07. The molecule has 1 aromatic heterocycles. The highest BCUT2D eigenvalue weighted by Gasteiger charge is 2.10. The second-order valence-corrected chi connectivity index (χ2v) is 5.71. The average molecular weight is 280 g/mol. The van der Waals surface area contributed by atoms with Crippen LogP contribution in [0.2, 0.25) is 0 Å². The van der Waals surface area contributed by atoms with Gasteiger partial charge in [0.25, 0.3) is 0 Å². The van der Waals surface area contributed by atoms with Gasteiger partial charge in [0.1, 0.15) is 5.82 Å². The Bertz CT molecular complexity index is 502. The lowest BCUT2D eigenvalue weighted by molar-refractivity contribution is 0.426. The van der Waals surface area contributed by atoms with Crippen molar-refractivity contribution in [3.63, 3.8) is 0 Å². The second-order valence-electron chi connectivity index (χ2n) is 3.73. The summed E-state index contributed by atoms with van der Waals surface area (Å²) in [5.74, 6) is 1.70. The Morgan fingerprint density at radius 2 is 2.00 bits per heavy atom. The standard InChI is InChI=1S/C11H13BN2O2S2/c1-2-10-13-11(18-14-10)17-7-8-3-5-9(6-4-8)12(15)16/h3-6,15-16H,2,7H2,1H3. The van der Waals surface area contributed by atoms with Crippen LogP contribution in [0, 0.1) is 0 Å². The number of thioether (sulfide) groups is 1. The Morgan fingerprint density at radius 3 is 2.56 bits per heavy atom. The highest BCUT2D eigenvalue weighted by molar-refractivity contribution is 8.00. The van der Waals surface area contributed by atoms with Crippen molar-refractivity contribution in [2.75, 3.05) is 0 Å². The number of aryl methyl sites for hydroxylation is 1. The summed E-state index contributed by atoms with van der Waals surface area (Å²) in [6.07, 6.45) is 0.861. The zero-order valence-electron chi connectivity index (χ0n) is 9.91. The Kier molecular flexibility index (Phi) is 4.76. The predicted molar refractivity (Wildman–Crippen MR) is 75.1 cm³/mol. The molecule has 0 saturated heterocycles. The van der Waals surface area contributed by atoms with Crippen LogP contribution in [-0.2, 0) is 12.2 Å². The highest BCUT2D eigenvalue weighted by Crippen LogP contribution is 2.24. The SMILES string of the molecule is CCc1nsc(SCc2ccc(B(O)O)cc2)n1. The normalized spacial score (nSPS) is 10.6. The van der Waals surface area contributed by atoms with Crippen LogP contribution < -0.4 is 5.46 Å². The Morgan fingerprint density at radius 1 is 1.28 bits per heavy atom. The molecule has 0 spiro atoms. The van der Waals surface area contributed by atoms with Crippen LogP contribution in [0.25, 0.3) is 0 Å². The van der Waals surface area contributed by atoms with Gasteiger partial charge < -0.3 is 10.0 Å². The third-order valence-corrected chi connectivity index (χ3v) is 4.35. The lowest BCUT2D eigenvalue weighted by Gasteiger charge is -2.01. The molecular weight excluding hydrogens is 267 g/mol. The molecule has 2 rings (SSSR count). The first-order valence-electron chi connectivity index (χ1n) is 5.59. The molecule has 94 valence electrons. The van der Waals surface area contributed by atoms with E-state index < -0.39 is 7.12 Å². The molecule has 0 aliphatic carbocycles. The van der Waals surface area contributed by atoms with Gasteiger partial charge >= 0.3 is 7.12 Å². The van der Waals surface area contributed by atoms with E-state index >= 15 is 0 Å². The number of hydrogen-bond acceptors (Lipinski definition) is 6. The van der Waals surface area contributed by atoms with E-state index in [0.29, 0.717) is 5.46 Å². The Labute approximate surface area is 114 Å². The van der Waals surface area contributed by atoms with Crippen molar-refractivity contribution in [2.24, 2.45) is 0 Å². The first kappa shape index (κ1) is 13.5. The molecule has 7 heteroatoms. The molecule has 0 amide bonds. The van der Waals surface area contributed by atoms with Crippen molar-refractivity contribution in [3.8, 4) is 0 Å². The fourth-order valence-corrected chi connectivity index (χ4v) is 3.02. The minimum atomic E-state index is -1.40. The molecule has 1 aromatic carbocycles. The summed E-state index contributed by atoms with van der Waals surface area (Å²) in [5.41, 5.74) is 1.63. The van der Waals surface area contributed by atoms with E-state index in [0.717, 1.165) is 27.9 Å². The second kappa shape index (κ2) is 6.33. The molecule has 0 atom stereocenters. The van der Waals surface area contributed by atoms with Gasteiger partial charge in [0.05, 0.1) is 0 Å². The van der Waals surface area contributed by atoms with E-state index in [2.05, 4.69) is 9.36 Å². The van der Waals surface area contributed by atoms with E-state index in [1.165, 1.54) is 11.5 Å². The largest absolute Gasteiger partial charge is 0.488 e. The van der Waals surface area contributed by atoms with Gasteiger partial charge in [-0.3, -0.25) is 0 Å². The van der Waals surface area contributed by atoms with Gasteiger partial charge in [-0.1, -0.05) is 43.0 Å². The average Bonchev–Trinajstić information content (AvgIpc) is 2.85. The number of aromatic nitrogens is 2. The molecule has 0 bridgehead atoms. The van der Waals surface area contributed by atoms with Gasteiger partial charge in [-0.2, -0.15) is 4.37 Å². The van der Waals surface area contributed by atoms with E-state index in [1.807, 2.05) is 19.1 Å². The van der Waals surface area contributed by atoms with E-state index in [-0.39, 0.29) is 0 Å². The fraction of sp³-hybridized carbons (Fsp3) is 0.273. The summed E-state index contributed by atoms with van der Waals surface area (Å²) < 4.78 is 5.20. The van der Waals surface area contributed by atoms with Crippen molar-refractivity contribution in [1.29, 1.82) is 0 Å². The lowest BCUT2D eigenvalue weighted by atomic mass is 9.80. The molecule has 0 radical (unpaired) electrons. The van der Waals surface area contributed by atoms with Gasteiger partial charge in [-0.15, -0.1) is 0 Å². The van der Waals surface area contributed by atoms with Gasteiger partial charge in [0, 0.05) is 12.2 Å². The maximum absolute atomic E-state index is 8.99. The van der Waals surface area contributed by atoms with Crippen molar-refractivity contribution < 1.29 is 10.0 Å². The fourth-order valence-electron chi connectivity index (χ4n) is 1.37. The summed E-state index contributed by atoms with van der Waals surface area (Å²) in [5, 5.41) is 18.0. The third-order valence-electron chi connectivity index (χ3n) is 2.41. The van der Waals surface area contributed by atoms with Crippen LogP contribution in [0.1, 0.15) is 18.3 Å². The van der Waals surface area contributed by atoms with Crippen LogP contribution in [-0.4, -0.2) is 26.5 Å². The Hall–Kier alpha value is -0.885. The van der Waals surface area contributed by atoms with Crippen LogP contribution in [0.4, 0.5) is 0 Å². The van der Waals surface area contributed by atoms with Gasteiger partial charge in [-0.05, 0) is 22.6 Å². The minimum absolute atomic E-state index is 0.507. The topological polar surface area (TPSA) is 66.2 Å². The van der Waals surface area contributed by atoms with Gasteiger partial charge in [0.2, 0.25) is 0 Å². The summed E-state index contributed by atoms with van der Waals surface area (Å²) in [6.45, 7) is 2.04. The van der Waals surface area contributed by atoms with Crippen LogP contribution in [0.15, 0.2) is 28.6 Å². The summed E-state index contributed by atoms with van der Waals surface area (Å²) in [7, 11) is -1.40. The van der Waals surface area contributed by atoms with E-state index in [1.54, 1.807) is 23.9 Å². The van der Waals surface area contributed by atoms with Crippen molar-refractivity contribution in [3.05, 3.63) is 35.7 Å².